The van der Waals surface area contributed by atoms with Crippen molar-refractivity contribution in [3.8, 4) is 0 Å². The van der Waals surface area contributed by atoms with E-state index in [0.717, 1.165) is 12.1 Å². The first-order valence-corrected chi connectivity index (χ1v) is 7.66. The lowest BCUT2D eigenvalue weighted by Gasteiger charge is -2.21. The van der Waals surface area contributed by atoms with Crippen LogP contribution in [0.5, 0.6) is 0 Å². The molecule has 0 bridgehead atoms. The molecule has 7 heteroatoms. The van der Waals surface area contributed by atoms with E-state index in [4.69, 9.17) is 0 Å². The van der Waals surface area contributed by atoms with E-state index in [1.165, 1.54) is 19.2 Å². The Labute approximate surface area is 118 Å². The number of esters is 1. The Kier molecular flexibility index (Phi) is 5.64. The zero-order chi connectivity index (χ0) is 15.3. The standard InChI is InChI=1S/C13H18FNO4S/c1-4-9(2)12(13(16)19-3)15-20(17,18)11-8-6-5-7-10(11)14/h5-9,12,15H,4H2,1-3H3/t9-,12+/m0/s1. The molecule has 0 aliphatic rings. The molecule has 0 saturated heterocycles. The summed E-state index contributed by atoms with van der Waals surface area (Å²) in [5, 5.41) is 0. The van der Waals surface area contributed by atoms with E-state index in [0.29, 0.717) is 6.42 Å². The minimum absolute atomic E-state index is 0.274. The topological polar surface area (TPSA) is 72.5 Å². The van der Waals surface area contributed by atoms with Gasteiger partial charge in [0.05, 0.1) is 7.11 Å². The van der Waals surface area contributed by atoms with Crippen molar-refractivity contribution >= 4 is 16.0 Å². The maximum absolute atomic E-state index is 13.6. The summed E-state index contributed by atoms with van der Waals surface area (Å²) in [5.41, 5.74) is 0. The van der Waals surface area contributed by atoms with Gasteiger partial charge in [-0.05, 0) is 18.1 Å². The zero-order valence-corrected chi connectivity index (χ0v) is 12.4. The summed E-state index contributed by atoms with van der Waals surface area (Å²) >= 11 is 0. The highest BCUT2D eigenvalue weighted by Gasteiger charge is 2.31. The molecule has 0 aromatic heterocycles. The second-order valence-electron chi connectivity index (χ2n) is 4.44. The molecular weight excluding hydrogens is 285 g/mol. The second-order valence-corrected chi connectivity index (χ2v) is 6.12. The predicted octanol–water partition coefficient (Wildman–Crippen LogP) is 1.69. The van der Waals surface area contributed by atoms with Crippen molar-refractivity contribution < 1.29 is 22.3 Å². The number of sulfonamides is 1. The Hall–Kier alpha value is -1.47. The van der Waals surface area contributed by atoms with Crippen LogP contribution in [0.1, 0.15) is 20.3 Å². The predicted molar refractivity (Wildman–Crippen MR) is 72.0 cm³/mol. The fraction of sp³-hybridized carbons (Fsp3) is 0.462. The average Bonchev–Trinajstić information content (AvgIpc) is 2.43. The highest BCUT2D eigenvalue weighted by atomic mass is 32.2. The molecule has 0 aliphatic carbocycles. The highest BCUT2D eigenvalue weighted by molar-refractivity contribution is 7.89. The van der Waals surface area contributed by atoms with Crippen molar-refractivity contribution in [3.05, 3.63) is 30.1 Å². The van der Waals surface area contributed by atoms with Gasteiger partial charge >= 0.3 is 5.97 Å². The van der Waals surface area contributed by atoms with Crippen LogP contribution in [-0.4, -0.2) is 27.5 Å². The molecule has 20 heavy (non-hydrogen) atoms. The number of hydrogen-bond donors (Lipinski definition) is 1. The number of halogens is 1. The Morgan fingerprint density at radius 3 is 2.50 bits per heavy atom. The molecule has 0 spiro atoms. The first-order valence-electron chi connectivity index (χ1n) is 6.18. The van der Waals surface area contributed by atoms with Gasteiger partial charge in [-0.2, -0.15) is 4.72 Å². The number of ether oxygens (including phenoxy) is 1. The van der Waals surface area contributed by atoms with Gasteiger partial charge in [-0.3, -0.25) is 4.79 Å². The lowest BCUT2D eigenvalue weighted by Crippen LogP contribution is -2.45. The average molecular weight is 303 g/mol. The maximum atomic E-state index is 13.6. The third-order valence-corrected chi connectivity index (χ3v) is 4.55. The van der Waals surface area contributed by atoms with E-state index in [9.17, 15) is 17.6 Å². The van der Waals surface area contributed by atoms with E-state index < -0.39 is 32.7 Å². The Bertz CT molecular complexity index is 573. The summed E-state index contributed by atoms with van der Waals surface area (Å²) in [6, 6.07) is 3.94. The van der Waals surface area contributed by atoms with Crippen molar-refractivity contribution in [2.24, 2.45) is 5.92 Å². The first kappa shape index (κ1) is 16.6. The molecule has 0 amide bonds. The fourth-order valence-corrected chi connectivity index (χ4v) is 3.02. The monoisotopic (exact) mass is 303 g/mol. The lowest BCUT2D eigenvalue weighted by molar-refractivity contribution is -0.143. The van der Waals surface area contributed by atoms with Gasteiger partial charge in [0.1, 0.15) is 16.8 Å². The normalized spacial score (nSPS) is 14.6. The molecule has 1 N–H and O–H groups in total. The molecule has 1 aromatic carbocycles. The molecule has 2 atom stereocenters. The van der Waals surface area contributed by atoms with Gasteiger partial charge in [0.15, 0.2) is 0 Å². The lowest BCUT2D eigenvalue weighted by atomic mass is 10.0. The molecule has 0 unspecified atom stereocenters. The van der Waals surface area contributed by atoms with Crippen LogP contribution < -0.4 is 4.72 Å². The minimum atomic E-state index is -4.13. The van der Waals surface area contributed by atoms with Crippen LogP contribution in [-0.2, 0) is 19.6 Å². The molecule has 0 aliphatic heterocycles. The Balaban J connectivity index is 3.10. The van der Waals surface area contributed by atoms with Crippen molar-refractivity contribution in [1.29, 1.82) is 0 Å². The maximum Gasteiger partial charge on any atom is 0.324 e. The van der Waals surface area contributed by atoms with Gasteiger partial charge in [-0.15, -0.1) is 0 Å². The summed E-state index contributed by atoms with van der Waals surface area (Å²) in [6.45, 7) is 3.53. The molecule has 5 nitrogen and oxygen atoms in total. The van der Waals surface area contributed by atoms with Crippen LogP contribution in [0.25, 0.3) is 0 Å². The first-order chi connectivity index (χ1) is 9.33. The van der Waals surface area contributed by atoms with Crippen molar-refractivity contribution in [3.63, 3.8) is 0 Å². The van der Waals surface area contributed by atoms with Crippen LogP contribution >= 0.6 is 0 Å². The van der Waals surface area contributed by atoms with E-state index in [-0.39, 0.29) is 5.92 Å². The van der Waals surface area contributed by atoms with E-state index in [1.54, 1.807) is 6.92 Å². The van der Waals surface area contributed by atoms with Gasteiger partial charge in [0.2, 0.25) is 10.0 Å². The fourth-order valence-electron chi connectivity index (χ4n) is 1.65. The number of methoxy groups -OCH3 is 1. The van der Waals surface area contributed by atoms with E-state index in [1.807, 2.05) is 6.92 Å². The Morgan fingerprint density at radius 2 is 2.00 bits per heavy atom. The number of hydrogen-bond acceptors (Lipinski definition) is 4. The Morgan fingerprint density at radius 1 is 1.40 bits per heavy atom. The number of carbonyl (C=O) groups excluding carboxylic acids is 1. The van der Waals surface area contributed by atoms with Gasteiger partial charge in [0.25, 0.3) is 0 Å². The summed E-state index contributed by atoms with van der Waals surface area (Å²) in [4.78, 5) is 11.2. The quantitative estimate of drug-likeness (QED) is 0.812. The molecule has 112 valence electrons. The molecule has 0 heterocycles. The summed E-state index contributed by atoms with van der Waals surface area (Å²) in [7, 11) is -2.95. The molecule has 0 saturated carbocycles. The number of rotatable bonds is 6. The SMILES string of the molecule is CC[C@H](C)[C@@H](NS(=O)(=O)c1ccccc1F)C(=O)OC. The molecule has 0 fully saturated rings. The summed E-state index contributed by atoms with van der Waals surface area (Å²) < 4.78 is 44.7. The number of carbonyl (C=O) groups is 1. The van der Waals surface area contributed by atoms with E-state index >= 15 is 0 Å². The van der Waals surface area contributed by atoms with Crippen molar-refractivity contribution in [2.45, 2.75) is 31.2 Å². The van der Waals surface area contributed by atoms with Crippen molar-refractivity contribution in [2.75, 3.05) is 7.11 Å². The minimum Gasteiger partial charge on any atom is -0.468 e. The van der Waals surface area contributed by atoms with Crippen molar-refractivity contribution in [1.82, 2.24) is 4.72 Å². The summed E-state index contributed by atoms with van der Waals surface area (Å²) in [5.74, 6) is -1.84. The van der Waals surface area contributed by atoms with Gasteiger partial charge in [-0.25, -0.2) is 12.8 Å². The molecule has 1 rings (SSSR count). The zero-order valence-electron chi connectivity index (χ0n) is 11.6. The van der Waals surface area contributed by atoms with Gasteiger partial charge in [0, 0.05) is 0 Å². The smallest absolute Gasteiger partial charge is 0.324 e. The molecule has 0 radical (unpaired) electrons. The molecular formula is C13H18FNO4S. The van der Waals surface area contributed by atoms with Gasteiger partial charge < -0.3 is 4.74 Å². The van der Waals surface area contributed by atoms with Crippen LogP contribution in [0.2, 0.25) is 0 Å². The highest BCUT2D eigenvalue weighted by Crippen LogP contribution is 2.17. The largest absolute Gasteiger partial charge is 0.468 e. The number of nitrogens with one attached hydrogen (secondary N) is 1. The number of benzene rings is 1. The third-order valence-electron chi connectivity index (χ3n) is 3.08. The second kappa shape index (κ2) is 6.81. The third kappa shape index (κ3) is 3.77. The van der Waals surface area contributed by atoms with Gasteiger partial charge in [-0.1, -0.05) is 32.4 Å². The van der Waals surface area contributed by atoms with E-state index in [2.05, 4.69) is 9.46 Å². The van der Waals surface area contributed by atoms with Crippen LogP contribution in [0.4, 0.5) is 4.39 Å². The van der Waals surface area contributed by atoms with Crippen LogP contribution in [0.15, 0.2) is 29.2 Å². The summed E-state index contributed by atoms with van der Waals surface area (Å²) in [6.07, 6.45) is 0.569. The molecule has 1 aromatic rings. The van der Waals surface area contributed by atoms with Crippen LogP contribution in [0.3, 0.4) is 0 Å². The van der Waals surface area contributed by atoms with Crippen LogP contribution in [0, 0.1) is 11.7 Å².